The van der Waals surface area contributed by atoms with Gasteiger partial charge < -0.3 is 19.1 Å². The zero-order chi connectivity index (χ0) is 23.8. The first-order valence-electron chi connectivity index (χ1n) is 11.7. The van der Waals surface area contributed by atoms with E-state index < -0.39 is 0 Å². The molecule has 0 bridgehead atoms. The number of furan rings is 2. The van der Waals surface area contributed by atoms with E-state index in [2.05, 4.69) is 10.4 Å². The van der Waals surface area contributed by atoms with Crippen molar-refractivity contribution in [2.24, 2.45) is 5.10 Å². The van der Waals surface area contributed by atoms with Crippen LogP contribution in [0.3, 0.4) is 0 Å². The van der Waals surface area contributed by atoms with Crippen LogP contribution in [0.2, 0.25) is 0 Å². The fourth-order valence-corrected chi connectivity index (χ4v) is 4.73. The lowest BCUT2D eigenvalue weighted by Gasteiger charge is -2.22. The summed E-state index contributed by atoms with van der Waals surface area (Å²) < 4.78 is 11.6. The molecule has 8 nitrogen and oxygen atoms in total. The van der Waals surface area contributed by atoms with Gasteiger partial charge in [0.25, 0.3) is 5.91 Å². The summed E-state index contributed by atoms with van der Waals surface area (Å²) in [4.78, 5) is 27.4. The third-order valence-corrected chi connectivity index (χ3v) is 6.45. The Kier molecular flexibility index (Phi) is 5.33. The van der Waals surface area contributed by atoms with Crippen molar-refractivity contribution in [2.45, 2.75) is 25.3 Å². The number of rotatable bonds is 6. The average molecular weight is 469 g/mol. The van der Waals surface area contributed by atoms with Gasteiger partial charge in [0.1, 0.15) is 23.1 Å². The van der Waals surface area contributed by atoms with Gasteiger partial charge in [-0.15, -0.1) is 0 Å². The first-order valence-corrected chi connectivity index (χ1v) is 11.7. The molecular formula is C27H24N4O4. The van der Waals surface area contributed by atoms with Gasteiger partial charge in [-0.1, -0.05) is 30.3 Å². The highest BCUT2D eigenvalue weighted by Gasteiger charge is 2.36. The second kappa shape index (κ2) is 8.79. The van der Waals surface area contributed by atoms with Gasteiger partial charge >= 0.3 is 0 Å². The smallest absolute Gasteiger partial charge is 0.262 e. The molecule has 4 heterocycles. The van der Waals surface area contributed by atoms with Gasteiger partial charge in [-0.2, -0.15) is 5.10 Å². The third-order valence-electron chi connectivity index (χ3n) is 6.45. The second-order valence-electron chi connectivity index (χ2n) is 8.69. The summed E-state index contributed by atoms with van der Waals surface area (Å²) in [5.74, 6) is 1.20. The Hall–Kier alpha value is -4.33. The maximum atomic E-state index is 13.4. The van der Waals surface area contributed by atoms with Crippen molar-refractivity contribution in [1.29, 1.82) is 0 Å². The number of benzene rings is 2. The van der Waals surface area contributed by atoms with Crippen molar-refractivity contribution in [1.82, 2.24) is 5.01 Å². The molecule has 2 aliphatic heterocycles. The number of hydrazone groups is 1. The predicted octanol–water partition coefficient (Wildman–Crippen LogP) is 4.94. The fraction of sp³-hybridized carbons (Fsp3) is 0.222. The van der Waals surface area contributed by atoms with Crippen molar-refractivity contribution in [3.63, 3.8) is 0 Å². The predicted molar refractivity (Wildman–Crippen MR) is 132 cm³/mol. The Bertz CT molecular complexity index is 1390. The van der Waals surface area contributed by atoms with E-state index in [0.717, 1.165) is 28.8 Å². The highest BCUT2D eigenvalue weighted by atomic mass is 16.3. The SMILES string of the molecule is O=C1CCCN1c1ccccc1NCC(=O)N1N=C(c2cc3ccccc3o2)C[C@@H]1c1ccco1. The van der Waals surface area contributed by atoms with Gasteiger partial charge in [0.05, 0.1) is 24.2 Å². The number of carbonyl (C=O) groups excluding carboxylic acids is 2. The van der Waals surface area contributed by atoms with E-state index in [0.29, 0.717) is 36.6 Å². The molecule has 0 aliphatic carbocycles. The average Bonchev–Trinajstić information content (AvgIpc) is 3.68. The monoisotopic (exact) mass is 468 g/mol. The van der Waals surface area contributed by atoms with Crippen LogP contribution in [-0.4, -0.2) is 35.6 Å². The Labute approximate surface area is 201 Å². The number of para-hydroxylation sites is 3. The number of hydrogen-bond acceptors (Lipinski definition) is 6. The molecule has 0 saturated carbocycles. The Balaban J connectivity index is 1.25. The van der Waals surface area contributed by atoms with Gasteiger partial charge in [0.15, 0.2) is 5.76 Å². The molecule has 0 radical (unpaired) electrons. The van der Waals surface area contributed by atoms with Crippen molar-refractivity contribution in [3.8, 4) is 0 Å². The lowest BCUT2D eigenvalue weighted by atomic mass is 10.1. The quantitative estimate of drug-likeness (QED) is 0.433. The van der Waals surface area contributed by atoms with E-state index in [1.807, 2.05) is 60.7 Å². The number of hydrogen-bond donors (Lipinski definition) is 1. The summed E-state index contributed by atoms with van der Waals surface area (Å²) in [6, 6.07) is 20.6. The lowest BCUT2D eigenvalue weighted by molar-refractivity contribution is -0.131. The summed E-state index contributed by atoms with van der Waals surface area (Å²) in [6.07, 6.45) is 3.46. The molecule has 35 heavy (non-hydrogen) atoms. The van der Waals surface area contributed by atoms with E-state index in [4.69, 9.17) is 8.83 Å². The molecule has 0 unspecified atom stereocenters. The van der Waals surface area contributed by atoms with E-state index in [-0.39, 0.29) is 24.4 Å². The maximum Gasteiger partial charge on any atom is 0.262 e. The van der Waals surface area contributed by atoms with Crippen LogP contribution in [0.4, 0.5) is 11.4 Å². The Morgan fingerprint density at radius 3 is 2.74 bits per heavy atom. The number of anilines is 2. The summed E-state index contributed by atoms with van der Waals surface area (Å²) >= 11 is 0. The number of nitrogens with one attached hydrogen (secondary N) is 1. The molecule has 2 aromatic carbocycles. The summed E-state index contributed by atoms with van der Waals surface area (Å²) in [5.41, 5.74) is 3.00. The van der Waals surface area contributed by atoms with E-state index >= 15 is 0 Å². The summed E-state index contributed by atoms with van der Waals surface area (Å²) in [7, 11) is 0. The zero-order valence-electron chi connectivity index (χ0n) is 19.0. The molecule has 2 aliphatic rings. The third kappa shape index (κ3) is 3.97. The van der Waals surface area contributed by atoms with Crippen LogP contribution in [0.1, 0.15) is 36.8 Å². The molecule has 2 amide bonds. The fourth-order valence-electron chi connectivity index (χ4n) is 4.73. The number of fused-ring (bicyclic) bond motifs is 1. The van der Waals surface area contributed by atoms with Gasteiger partial charge in [-0.25, -0.2) is 5.01 Å². The summed E-state index contributed by atoms with van der Waals surface area (Å²) in [6.45, 7) is 0.705. The maximum absolute atomic E-state index is 13.4. The molecule has 6 rings (SSSR count). The van der Waals surface area contributed by atoms with Crippen LogP contribution >= 0.6 is 0 Å². The molecule has 8 heteroatoms. The standard InChI is InChI=1S/C27H24N4O4/c32-26-12-5-13-30(26)21-9-3-2-8-19(21)28-17-27(33)31-22(24-11-6-14-34-24)16-20(29-31)25-15-18-7-1-4-10-23(18)35-25/h1-4,6-11,14-15,22,28H,5,12-13,16-17H2/t22-/m1/s1. The van der Waals surface area contributed by atoms with Gasteiger partial charge in [-0.05, 0) is 42.8 Å². The molecule has 2 aromatic heterocycles. The van der Waals surface area contributed by atoms with Gasteiger partial charge in [0, 0.05) is 24.8 Å². The largest absolute Gasteiger partial charge is 0.467 e. The number of carbonyl (C=O) groups is 2. The van der Waals surface area contributed by atoms with E-state index in [1.54, 1.807) is 17.2 Å². The van der Waals surface area contributed by atoms with Crippen LogP contribution in [0.5, 0.6) is 0 Å². The molecule has 0 spiro atoms. The highest BCUT2D eigenvalue weighted by molar-refractivity contribution is 6.04. The molecule has 176 valence electrons. The van der Waals surface area contributed by atoms with Gasteiger partial charge in [0.2, 0.25) is 5.91 Å². The van der Waals surface area contributed by atoms with Crippen molar-refractivity contribution >= 4 is 39.9 Å². The topological polar surface area (TPSA) is 91.3 Å². The molecular weight excluding hydrogens is 444 g/mol. The number of nitrogens with zero attached hydrogens (tertiary/aromatic N) is 3. The molecule has 1 saturated heterocycles. The van der Waals surface area contributed by atoms with Crippen molar-refractivity contribution in [2.75, 3.05) is 23.3 Å². The van der Waals surface area contributed by atoms with Crippen LogP contribution in [0.25, 0.3) is 11.0 Å². The van der Waals surface area contributed by atoms with Crippen molar-refractivity contribution < 1.29 is 18.4 Å². The van der Waals surface area contributed by atoms with Crippen LogP contribution in [-0.2, 0) is 9.59 Å². The first kappa shape index (κ1) is 21.2. The van der Waals surface area contributed by atoms with Crippen LogP contribution in [0, 0.1) is 0 Å². The molecule has 1 N–H and O–H groups in total. The van der Waals surface area contributed by atoms with Crippen molar-refractivity contribution in [3.05, 3.63) is 84.5 Å². The molecule has 1 atom stereocenters. The normalized spacial score (nSPS) is 17.9. The highest BCUT2D eigenvalue weighted by Crippen LogP contribution is 2.35. The second-order valence-corrected chi connectivity index (χ2v) is 8.69. The van der Waals surface area contributed by atoms with Gasteiger partial charge in [-0.3, -0.25) is 9.59 Å². The minimum Gasteiger partial charge on any atom is -0.467 e. The van der Waals surface area contributed by atoms with Crippen LogP contribution < -0.4 is 10.2 Å². The minimum absolute atomic E-state index is 0.0210. The Morgan fingerprint density at radius 1 is 1.09 bits per heavy atom. The Morgan fingerprint density at radius 2 is 1.94 bits per heavy atom. The summed E-state index contributed by atoms with van der Waals surface area (Å²) in [5, 5.41) is 10.3. The van der Waals surface area contributed by atoms with E-state index in [1.165, 1.54) is 5.01 Å². The van der Waals surface area contributed by atoms with Crippen LogP contribution in [0.15, 0.2) is 86.9 Å². The number of amides is 2. The lowest BCUT2D eigenvalue weighted by Crippen LogP contribution is -2.32. The molecule has 1 fully saturated rings. The van der Waals surface area contributed by atoms with E-state index in [9.17, 15) is 9.59 Å². The minimum atomic E-state index is -0.363. The first-order chi connectivity index (χ1) is 17.2. The molecule has 4 aromatic rings. The zero-order valence-corrected chi connectivity index (χ0v) is 19.0.